The summed E-state index contributed by atoms with van der Waals surface area (Å²) in [5.41, 5.74) is 3.73. The van der Waals surface area contributed by atoms with E-state index in [0.717, 1.165) is 23.1 Å². The van der Waals surface area contributed by atoms with Gasteiger partial charge >= 0.3 is 0 Å². The van der Waals surface area contributed by atoms with Gasteiger partial charge in [0.1, 0.15) is 0 Å². The van der Waals surface area contributed by atoms with Gasteiger partial charge in [0.05, 0.1) is 6.61 Å². The van der Waals surface area contributed by atoms with E-state index >= 15 is 0 Å². The third kappa shape index (κ3) is 3.45. The smallest absolute Gasteiger partial charge is 0.152 e. The molecule has 3 heteroatoms. The number of anilines is 1. The van der Waals surface area contributed by atoms with Crippen LogP contribution in [0.4, 0.5) is 5.69 Å². The van der Waals surface area contributed by atoms with E-state index in [9.17, 15) is 9.90 Å². The van der Waals surface area contributed by atoms with Crippen LogP contribution in [0.15, 0.2) is 48.5 Å². The maximum Gasteiger partial charge on any atom is 0.152 e. The summed E-state index contributed by atoms with van der Waals surface area (Å²) in [6, 6.07) is 15.8. The van der Waals surface area contributed by atoms with Crippen LogP contribution in [-0.2, 0) is 6.54 Å². The Balaban J connectivity index is 2.31. The third-order valence-corrected chi connectivity index (χ3v) is 3.24. The fourth-order valence-corrected chi connectivity index (χ4v) is 2.27. The Morgan fingerprint density at radius 2 is 1.90 bits per heavy atom. The Morgan fingerprint density at radius 1 is 1.15 bits per heavy atom. The molecule has 2 aromatic carbocycles. The zero-order valence-corrected chi connectivity index (χ0v) is 11.6. The third-order valence-electron chi connectivity index (χ3n) is 3.24. The van der Waals surface area contributed by atoms with E-state index in [2.05, 4.69) is 0 Å². The van der Waals surface area contributed by atoms with E-state index in [-0.39, 0.29) is 6.61 Å². The van der Waals surface area contributed by atoms with Crippen molar-refractivity contribution in [1.82, 2.24) is 0 Å². The molecule has 0 heterocycles. The summed E-state index contributed by atoms with van der Waals surface area (Å²) in [5.74, 6) is 0. The van der Waals surface area contributed by atoms with Crippen LogP contribution >= 0.6 is 0 Å². The predicted octanol–water partition coefficient (Wildman–Crippen LogP) is 2.81. The number of carbonyl (C=O) groups excluding carboxylic acids is 1. The molecule has 0 amide bonds. The maximum atomic E-state index is 11.3. The molecule has 0 radical (unpaired) electrons. The molecule has 0 aliphatic heterocycles. The summed E-state index contributed by atoms with van der Waals surface area (Å²) in [6.45, 7) is 3.19. The van der Waals surface area contributed by atoms with Gasteiger partial charge in [-0.25, -0.2) is 0 Å². The number of benzene rings is 2. The van der Waals surface area contributed by atoms with Crippen molar-refractivity contribution in [3.8, 4) is 0 Å². The number of aryl methyl sites for hydroxylation is 1. The van der Waals surface area contributed by atoms with Crippen molar-refractivity contribution in [3.05, 3.63) is 65.2 Å². The van der Waals surface area contributed by atoms with Crippen LogP contribution in [0.2, 0.25) is 0 Å². The van der Waals surface area contributed by atoms with Crippen molar-refractivity contribution in [3.63, 3.8) is 0 Å². The quantitative estimate of drug-likeness (QED) is 0.820. The largest absolute Gasteiger partial charge is 0.395 e. The van der Waals surface area contributed by atoms with Crippen LogP contribution in [0.3, 0.4) is 0 Å². The Morgan fingerprint density at radius 3 is 2.55 bits per heavy atom. The first-order valence-corrected chi connectivity index (χ1v) is 6.70. The van der Waals surface area contributed by atoms with Gasteiger partial charge < -0.3 is 10.0 Å². The molecule has 0 bridgehead atoms. The maximum absolute atomic E-state index is 11.3. The van der Waals surface area contributed by atoms with Gasteiger partial charge in [0.15, 0.2) is 6.29 Å². The average molecular weight is 269 g/mol. The summed E-state index contributed by atoms with van der Waals surface area (Å²) >= 11 is 0. The number of rotatable bonds is 6. The molecule has 2 rings (SSSR count). The number of hydrogen-bond donors (Lipinski definition) is 1. The van der Waals surface area contributed by atoms with E-state index in [1.54, 1.807) is 0 Å². The van der Waals surface area contributed by atoms with E-state index in [1.165, 1.54) is 0 Å². The molecule has 0 aliphatic rings. The second-order valence-electron chi connectivity index (χ2n) is 4.81. The monoisotopic (exact) mass is 269 g/mol. The lowest BCUT2D eigenvalue weighted by atomic mass is 10.1. The first-order valence-electron chi connectivity index (χ1n) is 6.70. The number of nitrogens with zero attached hydrogens (tertiary/aromatic N) is 1. The average Bonchev–Trinajstić information content (AvgIpc) is 2.48. The molecule has 0 atom stereocenters. The van der Waals surface area contributed by atoms with Gasteiger partial charge in [-0.05, 0) is 24.6 Å². The first kappa shape index (κ1) is 14.3. The zero-order valence-electron chi connectivity index (χ0n) is 11.6. The van der Waals surface area contributed by atoms with E-state index in [0.29, 0.717) is 18.7 Å². The van der Waals surface area contributed by atoms with Gasteiger partial charge in [0.25, 0.3) is 0 Å². The number of hydrogen-bond acceptors (Lipinski definition) is 3. The molecule has 1 N–H and O–H groups in total. The minimum Gasteiger partial charge on any atom is -0.395 e. The summed E-state index contributed by atoms with van der Waals surface area (Å²) in [7, 11) is 0. The summed E-state index contributed by atoms with van der Waals surface area (Å²) in [4.78, 5) is 13.3. The zero-order chi connectivity index (χ0) is 14.4. The molecule has 0 unspecified atom stereocenters. The molecule has 0 spiro atoms. The van der Waals surface area contributed by atoms with Crippen molar-refractivity contribution in [1.29, 1.82) is 0 Å². The molecule has 0 fully saturated rings. The first-order chi connectivity index (χ1) is 9.74. The highest BCUT2D eigenvalue weighted by atomic mass is 16.3. The van der Waals surface area contributed by atoms with Gasteiger partial charge in [-0.15, -0.1) is 0 Å². The molecule has 0 saturated heterocycles. The molecular formula is C17H19NO2. The molecule has 104 valence electrons. The predicted molar refractivity (Wildman–Crippen MR) is 81.1 cm³/mol. The normalized spacial score (nSPS) is 10.3. The van der Waals surface area contributed by atoms with Crippen LogP contribution in [0, 0.1) is 6.92 Å². The van der Waals surface area contributed by atoms with E-state index in [4.69, 9.17) is 0 Å². The Bertz CT molecular complexity index is 566. The van der Waals surface area contributed by atoms with Crippen molar-refractivity contribution in [2.75, 3.05) is 18.1 Å². The van der Waals surface area contributed by atoms with Gasteiger partial charge in [-0.3, -0.25) is 4.79 Å². The second-order valence-corrected chi connectivity index (χ2v) is 4.81. The van der Waals surface area contributed by atoms with Crippen LogP contribution in [-0.4, -0.2) is 24.5 Å². The number of carbonyl (C=O) groups is 1. The standard InChI is InChI=1S/C17H19NO2/c1-14-7-8-17(16(11-14)13-20)18(9-10-19)12-15-5-3-2-4-6-15/h2-8,11,13,19H,9-10,12H2,1H3. The highest BCUT2D eigenvalue weighted by Crippen LogP contribution is 2.22. The lowest BCUT2D eigenvalue weighted by Gasteiger charge is -2.25. The molecule has 3 nitrogen and oxygen atoms in total. The number of aliphatic hydroxyl groups excluding tert-OH is 1. The summed E-state index contributed by atoms with van der Waals surface area (Å²) in [5, 5.41) is 9.26. The van der Waals surface area contributed by atoms with Crippen molar-refractivity contribution in [2.45, 2.75) is 13.5 Å². The molecule has 2 aromatic rings. The Hall–Kier alpha value is -2.13. The number of aldehydes is 1. The van der Waals surface area contributed by atoms with E-state index in [1.807, 2.05) is 60.4 Å². The van der Waals surface area contributed by atoms with Gasteiger partial charge in [-0.1, -0.05) is 42.0 Å². The molecule has 0 saturated carbocycles. The highest BCUT2D eigenvalue weighted by molar-refractivity contribution is 5.85. The Kier molecular flexibility index (Phi) is 4.91. The lowest BCUT2D eigenvalue weighted by Crippen LogP contribution is -2.27. The van der Waals surface area contributed by atoms with Crippen LogP contribution < -0.4 is 4.90 Å². The topological polar surface area (TPSA) is 40.5 Å². The summed E-state index contributed by atoms with van der Waals surface area (Å²) < 4.78 is 0. The molecule has 20 heavy (non-hydrogen) atoms. The van der Waals surface area contributed by atoms with E-state index < -0.39 is 0 Å². The molecule has 0 aliphatic carbocycles. The fourth-order valence-electron chi connectivity index (χ4n) is 2.27. The van der Waals surface area contributed by atoms with Crippen LogP contribution in [0.5, 0.6) is 0 Å². The molecular weight excluding hydrogens is 250 g/mol. The Labute approximate surface area is 119 Å². The summed E-state index contributed by atoms with van der Waals surface area (Å²) in [6.07, 6.45) is 0.873. The van der Waals surface area contributed by atoms with Gasteiger partial charge in [0, 0.05) is 24.3 Å². The fraction of sp³-hybridized carbons (Fsp3) is 0.235. The number of aliphatic hydroxyl groups is 1. The minimum absolute atomic E-state index is 0.0546. The van der Waals surface area contributed by atoms with Crippen LogP contribution in [0.1, 0.15) is 21.5 Å². The highest BCUT2D eigenvalue weighted by Gasteiger charge is 2.11. The van der Waals surface area contributed by atoms with Gasteiger partial charge in [0.2, 0.25) is 0 Å². The van der Waals surface area contributed by atoms with Crippen molar-refractivity contribution in [2.24, 2.45) is 0 Å². The van der Waals surface area contributed by atoms with Crippen LogP contribution in [0.25, 0.3) is 0 Å². The van der Waals surface area contributed by atoms with Crippen molar-refractivity contribution >= 4 is 12.0 Å². The van der Waals surface area contributed by atoms with Crippen molar-refractivity contribution < 1.29 is 9.90 Å². The minimum atomic E-state index is 0.0546. The second kappa shape index (κ2) is 6.87. The SMILES string of the molecule is Cc1ccc(N(CCO)Cc2ccccc2)c(C=O)c1. The van der Waals surface area contributed by atoms with Gasteiger partial charge in [-0.2, -0.15) is 0 Å². The molecule has 0 aromatic heterocycles. The lowest BCUT2D eigenvalue weighted by molar-refractivity contribution is 0.112.